The van der Waals surface area contributed by atoms with Gasteiger partial charge in [0.15, 0.2) is 0 Å². The normalized spacial score (nSPS) is 10.8. The topological polar surface area (TPSA) is 66.8 Å². The molecule has 0 amide bonds. The minimum atomic E-state index is -0.692. The molecule has 0 aliphatic carbocycles. The van der Waals surface area contributed by atoms with Gasteiger partial charge in [-0.3, -0.25) is 4.79 Å². The maximum absolute atomic E-state index is 13.4. The number of rotatable bonds is 10. The second-order valence-electron chi connectivity index (χ2n) is 9.23. The molecule has 5 rings (SSSR count). The standard InChI is InChI=1S/C33H28FNO5/c1-2-38-33(37)30-20-35(19-23-8-12-26(34)13-9-23)31-17-16-28(18-29(31)32(30)36)40-22-25-10-14-27(15-11-25)39-21-24-6-4-3-5-7-24/h3-18,20H,2,19,21-22H2,1H3. The van der Waals surface area contributed by atoms with E-state index >= 15 is 0 Å². The summed E-state index contributed by atoms with van der Waals surface area (Å²) in [6.45, 7) is 2.94. The van der Waals surface area contributed by atoms with Crippen molar-refractivity contribution in [3.8, 4) is 11.5 Å². The lowest BCUT2D eigenvalue weighted by molar-refractivity contribution is 0.0524. The van der Waals surface area contributed by atoms with Crippen LogP contribution in [-0.2, 0) is 24.5 Å². The third-order valence-corrected chi connectivity index (χ3v) is 6.39. The Hall–Kier alpha value is -4.91. The van der Waals surface area contributed by atoms with Gasteiger partial charge in [0.05, 0.1) is 17.5 Å². The molecule has 4 aromatic carbocycles. The van der Waals surface area contributed by atoms with Gasteiger partial charge in [-0.25, -0.2) is 9.18 Å². The first-order valence-electron chi connectivity index (χ1n) is 13.0. The Labute approximate surface area is 231 Å². The Morgan fingerprint density at radius 2 is 1.40 bits per heavy atom. The number of nitrogens with zero attached hydrogens (tertiary/aromatic N) is 1. The van der Waals surface area contributed by atoms with Gasteiger partial charge in [-0.1, -0.05) is 54.6 Å². The van der Waals surface area contributed by atoms with Crippen molar-refractivity contribution >= 4 is 16.9 Å². The number of pyridine rings is 1. The van der Waals surface area contributed by atoms with E-state index in [2.05, 4.69) is 0 Å². The van der Waals surface area contributed by atoms with E-state index < -0.39 is 11.4 Å². The van der Waals surface area contributed by atoms with E-state index in [1.54, 1.807) is 41.8 Å². The van der Waals surface area contributed by atoms with Gasteiger partial charge in [-0.05, 0) is 66.1 Å². The Bertz CT molecular complexity index is 1660. The van der Waals surface area contributed by atoms with Gasteiger partial charge in [-0.2, -0.15) is 0 Å². The lowest BCUT2D eigenvalue weighted by Crippen LogP contribution is -2.21. The molecule has 0 atom stereocenters. The largest absolute Gasteiger partial charge is 0.489 e. The van der Waals surface area contributed by atoms with Crippen molar-refractivity contribution in [2.75, 3.05) is 6.61 Å². The molecule has 1 aromatic heterocycles. The van der Waals surface area contributed by atoms with Crippen LogP contribution in [-0.4, -0.2) is 17.1 Å². The van der Waals surface area contributed by atoms with E-state index in [-0.39, 0.29) is 24.6 Å². The van der Waals surface area contributed by atoms with Gasteiger partial charge in [0.1, 0.15) is 36.1 Å². The molecule has 6 nitrogen and oxygen atoms in total. The predicted molar refractivity (Wildman–Crippen MR) is 151 cm³/mol. The summed E-state index contributed by atoms with van der Waals surface area (Å²) in [5, 5.41) is 0.329. The molecule has 0 aliphatic heterocycles. The zero-order valence-electron chi connectivity index (χ0n) is 22.0. The molecule has 202 valence electrons. The SMILES string of the molecule is CCOC(=O)c1cn(Cc2ccc(F)cc2)c2ccc(OCc3ccc(OCc4ccccc4)cc3)cc2c1=O. The monoisotopic (exact) mass is 537 g/mol. The van der Waals surface area contributed by atoms with Crippen molar-refractivity contribution in [2.24, 2.45) is 0 Å². The Morgan fingerprint density at radius 1 is 0.775 bits per heavy atom. The highest BCUT2D eigenvalue weighted by atomic mass is 19.1. The Balaban J connectivity index is 1.35. The van der Waals surface area contributed by atoms with Gasteiger partial charge in [0, 0.05) is 12.7 Å². The quantitative estimate of drug-likeness (QED) is 0.190. The summed E-state index contributed by atoms with van der Waals surface area (Å²) in [5.41, 5.74) is 2.96. The lowest BCUT2D eigenvalue weighted by Gasteiger charge is -2.15. The van der Waals surface area contributed by atoms with Crippen LogP contribution in [0.4, 0.5) is 4.39 Å². The molecule has 0 radical (unpaired) electrons. The van der Waals surface area contributed by atoms with Crippen LogP contribution >= 0.6 is 0 Å². The van der Waals surface area contributed by atoms with Crippen molar-refractivity contribution in [3.63, 3.8) is 0 Å². The molecule has 0 N–H and O–H groups in total. The fraction of sp³-hybridized carbons (Fsp3) is 0.152. The summed E-state index contributed by atoms with van der Waals surface area (Å²) in [7, 11) is 0. The molecular weight excluding hydrogens is 509 g/mol. The summed E-state index contributed by atoms with van der Waals surface area (Å²) in [4.78, 5) is 25.9. The molecule has 7 heteroatoms. The number of carbonyl (C=O) groups excluding carboxylic acids is 1. The van der Waals surface area contributed by atoms with E-state index in [1.807, 2.05) is 54.6 Å². The third-order valence-electron chi connectivity index (χ3n) is 6.39. The van der Waals surface area contributed by atoms with Crippen LogP contribution in [0.25, 0.3) is 10.9 Å². The van der Waals surface area contributed by atoms with Crippen LogP contribution in [0, 0.1) is 5.82 Å². The molecule has 40 heavy (non-hydrogen) atoms. The smallest absolute Gasteiger partial charge is 0.343 e. The molecule has 1 heterocycles. The molecular formula is C33H28FNO5. The van der Waals surface area contributed by atoms with Gasteiger partial charge in [0.25, 0.3) is 0 Å². The zero-order valence-corrected chi connectivity index (χ0v) is 22.0. The Morgan fingerprint density at radius 3 is 2.10 bits per heavy atom. The van der Waals surface area contributed by atoms with Crippen LogP contribution in [0.5, 0.6) is 11.5 Å². The average molecular weight is 538 g/mol. The third kappa shape index (κ3) is 6.38. The van der Waals surface area contributed by atoms with Gasteiger partial charge in [-0.15, -0.1) is 0 Å². The maximum atomic E-state index is 13.4. The van der Waals surface area contributed by atoms with E-state index in [4.69, 9.17) is 14.2 Å². The van der Waals surface area contributed by atoms with Crippen LogP contribution in [0.3, 0.4) is 0 Å². The number of ether oxygens (including phenoxy) is 3. The van der Waals surface area contributed by atoms with Crippen LogP contribution in [0.15, 0.2) is 108 Å². The first-order chi connectivity index (χ1) is 19.5. The first-order valence-corrected chi connectivity index (χ1v) is 13.0. The molecule has 0 saturated carbocycles. The van der Waals surface area contributed by atoms with Crippen LogP contribution < -0.4 is 14.9 Å². The van der Waals surface area contributed by atoms with Crippen molar-refractivity contribution in [3.05, 3.63) is 142 Å². The maximum Gasteiger partial charge on any atom is 0.343 e. The highest BCUT2D eigenvalue weighted by Gasteiger charge is 2.17. The highest BCUT2D eigenvalue weighted by Crippen LogP contribution is 2.23. The van der Waals surface area contributed by atoms with Crippen molar-refractivity contribution in [1.82, 2.24) is 4.57 Å². The first kappa shape index (κ1) is 26.7. The molecule has 0 fully saturated rings. The molecule has 0 bridgehead atoms. The number of fused-ring (bicyclic) bond motifs is 1. The number of carbonyl (C=O) groups is 1. The van der Waals surface area contributed by atoms with Crippen molar-refractivity contribution in [2.45, 2.75) is 26.7 Å². The number of halogens is 1. The van der Waals surface area contributed by atoms with E-state index in [0.717, 1.165) is 22.4 Å². The lowest BCUT2D eigenvalue weighted by atomic mass is 10.1. The van der Waals surface area contributed by atoms with E-state index in [9.17, 15) is 14.0 Å². The minimum absolute atomic E-state index is 0.0697. The second kappa shape index (κ2) is 12.3. The van der Waals surface area contributed by atoms with Gasteiger partial charge < -0.3 is 18.8 Å². The number of hydrogen-bond acceptors (Lipinski definition) is 5. The number of benzene rings is 4. The van der Waals surface area contributed by atoms with Crippen LogP contribution in [0.1, 0.15) is 34.0 Å². The fourth-order valence-corrected chi connectivity index (χ4v) is 4.33. The molecule has 0 saturated heterocycles. The zero-order chi connectivity index (χ0) is 27.9. The fourth-order valence-electron chi connectivity index (χ4n) is 4.33. The minimum Gasteiger partial charge on any atom is -0.489 e. The highest BCUT2D eigenvalue weighted by molar-refractivity contribution is 5.94. The predicted octanol–water partition coefficient (Wildman–Crippen LogP) is 6.52. The summed E-state index contributed by atoms with van der Waals surface area (Å²) in [6.07, 6.45) is 1.49. The number of esters is 1. The van der Waals surface area contributed by atoms with Crippen molar-refractivity contribution in [1.29, 1.82) is 0 Å². The summed E-state index contributed by atoms with van der Waals surface area (Å²) >= 11 is 0. The summed E-state index contributed by atoms with van der Waals surface area (Å²) in [5.74, 6) is 0.217. The van der Waals surface area contributed by atoms with Crippen LogP contribution in [0.2, 0.25) is 0 Å². The van der Waals surface area contributed by atoms with E-state index in [1.165, 1.54) is 18.3 Å². The number of hydrogen-bond donors (Lipinski definition) is 0. The number of aromatic nitrogens is 1. The average Bonchev–Trinajstić information content (AvgIpc) is 2.98. The second-order valence-corrected chi connectivity index (χ2v) is 9.23. The molecule has 0 unspecified atom stereocenters. The molecule has 0 spiro atoms. The van der Waals surface area contributed by atoms with Gasteiger partial charge in [0.2, 0.25) is 5.43 Å². The molecule has 5 aromatic rings. The Kier molecular flexibility index (Phi) is 8.21. The summed E-state index contributed by atoms with van der Waals surface area (Å²) < 4.78 is 32.2. The summed E-state index contributed by atoms with van der Waals surface area (Å²) in [6, 6.07) is 28.9. The van der Waals surface area contributed by atoms with Crippen molar-refractivity contribution < 1.29 is 23.4 Å². The van der Waals surface area contributed by atoms with Gasteiger partial charge >= 0.3 is 5.97 Å². The molecule has 0 aliphatic rings. The van der Waals surface area contributed by atoms with E-state index in [0.29, 0.717) is 29.8 Å².